The molecule has 1 atom stereocenters. The fourth-order valence-corrected chi connectivity index (χ4v) is 2.19. The molecule has 0 spiro atoms. The lowest BCUT2D eigenvalue weighted by Gasteiger charge is -2.19. The van der Waals surface area contributed by atoms with Crippen molar-refractivity contribution in [3.05, 3.63) is 29.8 Å². The molecule has 1 rings (SSSR count). The number of hydrogen-bond donors (Lipinski definition) is 0. The molecular weight excluding hydrogens is 206 g/mol. The average molecular weight is 225 g/mol. The second-order valence-electron chi connectivity index (χ2n) is 4.76. The highest BCUT2D eigenvalue weighted by atomic mass is 32.2. The van der Waals surface area contributed by atoms with Crippen LogP contribution in [-0.4, -0.2) is 17.5 Å². The minimum absolute atomic E-state index is 0.0826. The standard InChI is InChI=1S/C12H19NOS/c1-12(2,3)10-7-6-8-11(9-10)15(5,14)13-4/h6-9H,1-5H3. The molecule has 1 aromatic carbocycles. The molecule has 2 nitrogen and oxygen atoms in total. The highest BCUT2D eigenvalue weighted by Gasteiger charge is 2.15. The third-order valence-electron chi connectivity index (χ3n) is 2.49. The van der Waals surface area contributed by atoms with Crippen LogP contribution in [0.3, 0.4) is 0 Å². The van der Waals surface area contributed by atoms with Crippen LogP contribution >= 0.6 is 0 Å². The van der Waals surface area contributed by atoms with Gasteiger partial charge in [0.25, 0.3) is 0 Å². The van der Waals surface area contributed by atoms with E-state index in [1.807, 2.05) is 18.2 Å². The normalized spacial score (nSPS) is 15.8. The fourth-order valence-electron chi connectivity index (χ4n) is 1.30. The lowest BCUT2D eigenvalue weighted by molar-refractivity contribution is 0.588. The third-order valence-corrected chi connectivity index (χ3v) is 4.31. The fraction of sp³-hybridized carbons (Fsp3) is 0.500. The summed E-state index contributed by atoms with van der Waals surface area (Å²) in [6, 6.07) is 7.89. The molecule has 0 bridgehead atoms. The van der Waals surface area contributed by atoms with Crippen LogP contribution in [0.5, 0.6) is 0 Å². The van der Waals surface area contributed by atoms with E-state index in [-0.39, 0.29) is 5.41 Å². The molecular formula is C12H19NOS. The van der Waals surface area contributed by atoms with Crippen LogP contribution in [0, 0.1) is 0 Å². The van der Waals surface area contributed by atoms with Gasteiger partial charge in [-0.05, 0) is 23.1 Å². The molecule has 0 amide bonds. The topological polar surface area (TPSA) is 29.4 Å². The average Bonchev–Trinajstić information content (AvgIpc) is 2.17. The van der Waals surface area contributed by atoms with Crippen LogP contribution < -0.4 is 0 Å². The van der Waals surface area contributed by atoms with E-state index in [1.54, 1.807) is 13.3 Å². The summed E-state index contributed by atoms with van der Waals surface area (Å²) in [6.45, 7) is 6.44. The van der Waals surface area contributed by atoms with E-state index in [0.29, 0.717) is 0 Å². The van der Waals surface area contributed by atoms with Gasteiger partial charge in [0.1, 0.15) is 0 Å². The van der Waals surface area contributed by atoms with Crippen molar-refractivity contribution >= 4 is 9.73 Å². The van der Waals surface area contributed by atoms with Crippen molar-refractivity contribution in [1.82, 2.24) is 0 Å². The maximum Gasteiger partial charge on any atom is 0.0720 e. The van der Waals surface area contributed by atoms with Gasteiger partial charge >= 0.3 is 0 Å². The first-order valence-corrected chi connectivity index (χ1v) is 6.90. The van der Waals surface area contributed by atoms with Crippen LogP contribution in [0.25, 0.3) is 0 Å². The molecule has 0 radical (unpaired) electrons. The van der Waals surface area contributed by atoms with Gasteiger partial charge < -0.3 is 0 Å². The summed E-state index contributed by atoms with van der Waals surface area (Å²) in [4.78, 5) is 0.817. The first-order chi connectivity index (χ1) is 6.77. The maximum absolute atomic E-state index is 12.1. The van der Waals surface area contributed by atoms with E-state index in [0.717, 1.165) is 4.90 Å². The van der Waals surface area contributed by atoms with Crippen LogP contribution in [0.1, 0.15) is 26.3 Å². The Morgan fingerprint density at radius 1 is 1.27 bits per heavy atom. The zero-order chi connectivity index (χ0) is 11.7. The summed E-state index contributed by atoms with van der Waals surface area (Å²) in [6.07, 6.45) is 1.68. The summed E-state index contributed by atoms with van der Waals surface area (Å²) < 4.78 is 16.0. The molecule has 0 aromatic heterocycles. The van der Waals surface area contributed by atoms with Gasteiger partial charge in [-0.3, -0.25) is 0 Å². The smallest absolute Gasteiger partial charge is 0.0720 e. The molecule has 1 unspecified atom stereocenters. The molecule has 0 N–H and O–H groups in total. The summed E-state index contributed by atoms with van der Waals surface area (Å²) in [5.41, 5.74) is 1.28. The lowest BCUT2D eigenvalue weighted by atomic mass is 9.87. The van der Waals surface area contributed by atoms with Crippen molar-refractivity contribution in [3.63, 3.8) is 0 Å². The van der Waals surface area contributed by atoms with Gasteiger partial charge in [0.15, 0.2) is 0 Å². The molecule has 0 aliphatic rings. The van der Waals surface area contributed by atoms with Crippen molar-refractivity contribution in [2.75, 3.05) is 13.3 Å². The van der Waals surface area contributed by atoms with E-state index in [1.165, 1.54) is 5.56 Å². The number of rotatable bonds is 1. The van der Waals surface area contributed by atoms with Gasteiger partial charge in [-0.2, -0.15) is 0 Å². The second kappa shape index (κ2) is 3.97. The van der Waals surface area contributed by atoms with Gasteiger partial charge in [-0.15, -0.1) is 0 Å². The molecule has 0 aliphatic carbocycles. The molecule has 0 fully saturated rings. The quantitative estimate of drug-likeness (QED) is 0.722. The first-order valence-electron chi connectivity index (χ1n) is 4.98. The van der Waals surface area contributed by atoms with E-state index in [2.05, 4.69) is 31.2 Å². The zero-order valence-electron chi connectivity index (χ0n) is 10.1. The predicted octanol–water partition coefficient (Wildman–Crippen LogP) is 3.07. The molecule has 15 heavy (non-hydrogen) atoms. The Morgan fingerprint density at radius 3 is 2.33 bits per heavy atom. The van der Waals surface area contributed by atoms with Gasteiger partial charge in [0, 0.05) is 18.2 Å². The minimum atomic E-state index is -2.21. The maximum atomic E-state index is 12.1. The van der Waals surface area contributed by atoms with Crippen LogP contribution in [-0.2, 0) is 15.1 Å². The van der Waals surface area contributed by atoms with Crippen molar-refractivity contribution in [1.29, 1.82) is 0 Å². The van der Waals surface area contributed by atoms with E-state index >= 15 is 0 Å². The Bertz CT molecular complexity index is 463. The first kappa shape index (κ1) is 12.2. The molecule has 0 aliphatic heterocycles. The molecule has 84 valence electrons. The number of nitrogens with zero attached hydrogens (tertiary/aromatic N) is 1. The summed E-state index contributed by atoms with van der Waals surface area (Å²) in [5, 5.41) is 0. The van der Waals surface area contributed by atoms with Gasteiger partial charge in [0.05, 0.1) is 9.73 Å². The van der Waals surface area contributed by atoms with Crippen LogP contribution in [0.4, 0.5) is 0 Å². The Kier molecular flexibility index (Phi) is 3.24. The highest BCUT2D eigenvalue weighted by molar-refractivity contribution is 7.93. The highest BCUT2D eigenvalue weighted by Crippen LogP contribution is 2.24. The Balaban J connectivity index is 3.33. The lowest BCUT2D eigenvalue weighted by Crippen LogP contribution is -2.11. The Labute approximate surface area is 92.9 Å². The van der Waals surface area contributed by atoms with Crippen molar-refractivity contribution in [2.45, 2.75) is 31.1 Å². The Morgan fingerprint density at radius 2 is 1.87 bits per heavy atom. The van der Waals surface area contributed by atoms with Gasteiger partial charge in [-0.25, -0.2) is 8.57 Å². The third kappa shape index (κ3) is 2.81. The number of hydrogen-bond acceptors (Lipinski definition) is 2. The monoisotopic (exact) mass is 225 g/mol. The van der Waals surface area contributed by atoms with Crippen LogP contribution in [0.2, 0.25) is 0 Å². The van der Waals surface area contributed by atoms with Crippen molar-refractivity contribution < 1.29 is 4.21 Å². The molecule has 1 aromatic rings. The largest absolute Gasteiger partial charge is 0.245 e. The summed E-state index contributed by atoms with van der Waals surface area (Å²) in [5.74, 6) is 0. The van der Waals surface area contributed by atoms with Gasteiger partial charge in [-0.1, -0.05) is 32.9 Å². The van der Waals surface area contributed by atoms with E-state index in [4.69, 9.17) is 0 Å². The predicted molar refractivity (Wildman–Crippen MR) is 65.8 cm³/mol. The summed E-state index contributed by atoms with van der Waals surface area (Å²) >= 11 is 0. The molecule has 0 heterocycles. The molecule has 0 saturated heterocycles. The zero-order valence-corrected chi connectivity index (χ0v) is 10.9. The Hall–Kier alpha value is -0.830. The molecule has 0 saturated carbocycles. The summed E-state index contributed by atoms with van der Waals surface area (Å²) in [7, 11) is -0.603. The van der Waals surface area contributed by atoms with Crippen molar-refractivity contribution in [2.24, 2.45) is 4.36 Å². The van der Waals surface area contributed by atoms with Crippen molar-refractivity contribution in [3.8, 4) is 0 Å². The van der Waals surface area contributed by atoms with E-state index < -0.39 is 9.73 Å². The SMILES string of the molecule is CN=S(C)(=O)c1cccc(C(C)(C)C)c1. The number of benzene rings is 1. The second-order valence-corrected chi connectivity index (χ2v) is 7.20. The molecule has 3 heteroatoms. The van der Waals surface area contributed by atoms with Gasteiger partial charge in [0.2, 0.25) is 0 Å². The van der Waals surface area contributed by atoms with E-state index in [9.17, 15) is 4.21 Å². The minimum Gasteiger partial charge on any atom is -0.245 e. The van der Waals surface area contributed by atoms with Crippen LogP contribution in [0.15, 0.2) is 33.5 Å².